The Hall–Kier alpha value is -2.16. The molecule has 0 radical (unpaired) electrons. The summed E-state index contributed by atoms with van der Waals surface area (Å²) in [6.07, 6.45) is 2.22. The summed E-state index contributed by atoms with van der Waals surface area (Å²) in [5.41, 5.74) is -0.329. The number of esters is 1. The zero-order valence-corrected chi connectivity index (χ0v) is 14.4. The summed E-state index contributed by atoms with van der Waals surface area (Å²) in [6.45, 7) is -0.588. The maximum Gasteiger partial charge on any atom is 0.321 e. The highest BCUT2D eigenvalue weighted by Gasteiger charge is 2.21. The van der Waals surface area contributed by atoms with Crippen LogP contribution in [0, 0.1) is 21.4 Å². The monoisotopic (exact) mass is 373 g/mol. The fourth-order valence-electron chi connectivity index (χ4n) is 1.61. The van der Waals surface area contributed by atoms with Gasteiger partial charge in [-0.05, 0) is 24.8 Å². The molecule has 0 bridgehead atoms. The van der Waals surface area contributed by atoms with Crippen LogP contribution in [0.15, 0.2) is 28.0 Å². The van der Waals surface area contributed by atoms with Gasteiger partial charge in [-0.25, -0.2) is 8.42 Å². The van der Waals surface area contributed by atoms with Crippen LogP contribution < -0.4 is 4.72 Å². The van der Waals surface area contributed by atoms with Crippen LogP contribution in [0.4, 0.5) is 5.69 Å². The number of carbonyl (C=O) groups is 1. The average Bonchev–Trinajstić information content (AvgIpc) is 2.56. The van der Waals surface area contributed by atoms with Crippen LogP contribution in [-0.4, -0.2) is 38.7 Å². The Bertz CT molecular complexity index is 757. The lowest BCUT2D eigenvalue weighted by Crippen LogP contribution is -2.31. The number of sulfonamides is 1. The molecule has 0 atom stereocenters. The van der Waals surface area contributed by atoms with Gasteiger partial charge in [0.25, 0.3) is 5.69 Å². The van der Waals surface area contributed by atoms with Gasteiger partial charge in [-0.15, -0.1) is 11.8 Å². The number of ether oxygens (including phenoxy) is 1. The normalized spacial score (nSPS) is 10.8. The van der Waals surface area contributed by atoms with E-state index in [9.17, 15) is 23.3 Å². The molecule has 0 spiro atoms. The molecule has 11 heteroatoms. The summed E-state index contributed by atoms with van der Waals surface area (Å²) in [5.74, 6) is -0.799. The fraction of sp³-hybridized carbons (Fsp3) is 0.385. The van der Waals surface area contributed by atoms with Crippen molar-refractivity contribution in [3.8, 4) is 6.07 Å². The molecule has 1 rings (SSSR count). The number of rotatable bonds is 9. The van der Waals surface area contributed by atoms with Crippen molar-refractivity contribution in [2.75, 3.05) is 19.4 Å². The average molecular weight is 373 g/mol. The zero-order chi connectivity index (χ0) is 18.2. The van der Waals surface area contributed by atoms with Gasteiger partial charge in [-0.1, -0.05) is 0 Å². The highest BCUT2D eigenvalue weighted by Crippen LogP contribution is 2.29. The van der Waals surface area contributed by atoms with E-state index in [1.165, 1.54) is 12.1 Å². The Labute approximate surface area is 143 Å². The van der Waals surface area contributed by atoms with Gasteiger partial charge in [-0.3, -0.25) is 14.9 Å². The van der Waals surface area contributed by atoms with E-state index >= 15 is 0 Å². The van der Waals surface area contributed by atoms with E-state index in [1.54, 1.807) is 6.26 Å². The molecule has 0 unspecified atom stereocenters. The minimum Gasteiger partial charge on any atom is -0.465 e. The van der Waals surface area contributed by atoms with E-state index in [2.05, 4.69) is 0 Å². The molecule has 0 fully saturated rings. The van der Waals surface area contributed by atoms with Crippen molar-refractivity contribution in [2.24, 2.45) is 0 Å². The molecule has 0 aliphatic heterocycles. The highest BCUT2D eigenvalue weighted by atomic mass is 32.2. The molecule has 9 nitrogen and oxygen atoms in total. The summed E-state index contributed by atoms with van der Waals surface area (Å²) in [4.78, 5) is 21.7. The Balaban J connectivity index is 2.75. The van der Waals surface area contributed by atoms with E-state index in [4.69, 9.17) is 10.00 Å². The van der Waals surface area contributed by atoms with Crippen molar-refractivity contribution in [3.05, 3.63) is 28.3 Å². The number of nitrogens with zero attached hydrogens (tertiary/aromatic N) is 2. The third kappa shape index (κ3) is 5.80. The maximum atomic E-state index is 12.1. The number of benzene rings is 1. The molecule has 1 aromatic carbocycles. The van der Waals surface area contributed by atoms with Gasteiger partial charge in [0, 0.05) is 12.5 Å². The standard InChI is InChI=1S/C13H15N3O6S2/c1-23-12-5-4-10(8-11(12)16(18)19)24(20,21)15-9-13(17)22-7-3-2-6-14/h4-5,8,15H,2-3,7,9H2,1H3. The number of nitro benzene ring substituents is 1. The van der Waals surface area contributed by atoms with E-state index in [-0.39, 0.29) is 23.6 Å². The topological polar surface area (TPSA) is 139 Å². The van der Waals surface area contributed by atoms with Crippen LogP contribution in [0.2, 0.25) is 0 Å². The van der Waals surface area contributed by atoms with Crippen LogP contribution >= 0.6 is 11.8 Å². The Morgan fingerprint density at radius 1 is 1.50 bits per heavy atom. The first-order valence-corrected chi connectivity index (χ1v) is 9.37. The minimum atomic E-state index is -4.09. The molecule has 130 valence electrons. The first kappa shape index (κ1) is 19.9. The van der Waals surface area contributed by atoms with Crippen LogP contribution in [0.5, 0.6) is 0 Å². The summed E-state index contributed by atoms with van der Waals surface area (Å²) < 4.78 is 31.0. The second-order valence-electron chi connectivity index (χ2n) is 4.40. The maximum absolute atomic E-state index is 12.1. The third-order valence-electron chi connectivity index (χ3n) is 2.76. The molecule has 0 aliphatic carbocycles. The van der Waals surface area contributed by atoms with Crippen molar-refractivity contribution >= 4 is 33.4 Å². The minimum absolute atomic E-state index is 0.0159. The molecular formula is C13H15N3O6S2. The van der Waals surface area contributed by atoms with Gasteiger partial charge >= 0.3 is 5.97 Å². The molecule has 0 aliphatic rings. The number of thioether (sulfide) groups is 1. The van der Waals surface area contributed by atoms with Crippen LogP contribution in [0.3, 0.4) is 0 Å². The van der Waals surface area contributed by atoms with E-state index in [0.717, 1.165) is 17.8 Å². The summed E-state index contributed by atoms with van der Waals surface area (Å²) in [6, 6.07) is 5.37. The van der Waals surface area contributed by atoms with Gasteiger partial charge < -0.3 is 4.74 Å². The smallest absolute Gasteiger partial charge is 0.321 e. The number of unbranched alkanes of at least 4 members (excludes halogenated alkanes) is 1. The SMILES string of the molecule is CSc1ccc(S(=O)(=O)NCC(=O)OCCCC#N)cc1[N+](=O)[O-]. The lowest BCUT2D eigenvalue weighted by atomic mass is 10.3. The van der Waals surface area contributed by atoms with E-state index < -0.39 is 27.5 Å². The van der Waals surface area contributed by atoms with Crippen molar-refractivity contribution in [1.29, 1.82) is 5.26 Å². The van der Waals surface area contributed by atoms with Crippen molar-refractivity contribution in [2.45, 2.75) is 22.6 Å². The predicted octanol–water partition coefficient (Wildman–Crippen LogP) is 1.44. The van der Waals surface area contributed by atoms with Crippen LogP contribution in [-0.2, 0) is 19.6 Å². The van der Waals surface area contributed by atoms with Crippen molar-refractivity contribution in [1.82, 2.24) is 4.72 Å². The predicted molar refractivity (Wildman–Crippen MR) is 85.9 cm³/mol. The second kappa shape index (κ2) is 9.21. The summed E-state index contributed by atoms with van der Waals surface area (Å²) in [5, 5.41) is 19.3. The van der Waals surface area contributed by atoms with Crippen molar-refractivity contribution in [3.63, 3.8) is 0 Å². The summed E-state index contributed by atoms with van der Waals surface area (Å²) >= 11 is 1.12. The fourth-order valence-corrected chi connectivity index (χ4v) is 3.14. The van der Waals surface area contributed by atoms with Gasteiger partial charge in [0.1, 0.15) is 6.54 Å². The Morgan fingerprint density at radius 3 is 2.79 bits per heavy atom. The highest BCUT2D eigenvalue weighted by molar-refractivity contribution is 7.98. The molecular weight excluding hydrogens is 358 g/mol. The van der Waals surface area contributed by atoms with Gasteiger partial charge in [0.15, 0.2) is 0 Å². The molecule has 1 N–H and O–H groups in total. The quantitative estimate of drug-likeness (QED) is 0.225. The molecule has 1 aromatic rings. The molecule has 0 amide bonds. The van der Waals surface area contributed by atoms with Crippen LogP contribution in [0.1, 0.15) is 12.8 Å². The van der Waals surface area contributed by atoms with E-state index in [1.807, 2.05) is 10.8 Å². The molecule has 24 heavy (non-hydrogen) atoms. The van der Waals surface area contributed by atoms with Crippen molar-refractivity contribution < 1.29 is 22.9 Å². The zero-order valence-electron chi connectivity index (χ0n) is 12.7. The Morgan fingerprint density at radius 2 is 2.21 bits per heavy atom. The molecule has 0 aromatic heterocycles. The first-order chi connectivity index (χ1) is 11.3. The number of nitro groups is 1. The van der Waals surface area contributed by atoms with Gasteiger partial charge in [-0.2, -0.15) is 9.98 Å². The summed E-state index contributed by atoms with van der Waals surface area (Å²) in [7, 11) is -4.09. The number of hydrogen-bond acceptors (Lipinski definition) is 8. The van der Waals surface area contributed by atoms with Gasteiger partial charge in [0.05, 0.1) is 27.4 Å². The largest absolute Gasteiger partial charge is 0.465 e. The van der Waals surface area contributed by atoms with Crippen LogP contribution in [0.25, 0.3) is 0 Å². The lowest BCUT2D eigenvalue weighted by molar-refractivity contribution is -0.387. The lowest BCUT2D eigenvalue weighted by Gasteiger charge is -2.08. The number of nitrogens with one attached hydrogen (secondary N) is 1. The number of nitriles is 1. The van der Waals surface area contributed by atoms with E-state index in [0.29, 0.717) is 11.3 Å². The van der Waals surface area contributed by atoms with Gasteiger partial charge in [0.2, 0.25) is 10.0 Å². The number of hydrogen-bond donors (Lipinski definition) is 1. The first-order valence-electron chi connectivity index (χ1n) is 6.66. The second-order valence-corrected chi connectivity index (χ2v) is 7.01. The Kier molecular flexibility index (Phi) is 7.63. The number of carbonyl (C=O) groups excluding carboxylic acids is 1. The molecule has 0 saturated heterocycles. The third-order valence-corrected chi connectivity index (χ3v) is 4.94. The molecule has 0 heterocycles. The molecule has 0 saturated carbocycles.